The van der Waals surface area contributed by atoms with E-state index in [9.17, 15) is 0 Å². The van der Waals surface area contributed by atoms with E-state index < -0.39 is 0 Å². The lowest BCUT2D eigenvalue weighted by atomic mass is 10.2. The summed E-state index contributed by atoms with van der Waals surface area (Å²) in [5.41, 5.74) is 1.10. The normalized spacial score (nSPS) is 10.4. The number of hydrogen-bond acceptors (Lipinski definition) is 4. The molecule has 0 heterocycles. The highest BCUT2D eigenvalue weighted by atomic mass is 16.5. The molecule has 0 aromatic heterocycles. The van der Waals surface area contributed by atoms with Gasteiger partial charge in [-0.15, -0.1) is 0 Å². The van der Waals surface area contributed by atoms with Crippen molar-refractivity contribution in [3.63, 3.8) is 0 Å². The van der Waals surface area contributed by atoms with Gasteiger partial charge in [0.05, 0.1) is 13.7 Å². The lowest BCUT2D eigenvalue weighted by Crippen LogP contribution is -2.08. The van der Waals surface area contributed by atoms with Gasteiger partial charge in [0.15, 0.2) is 0 Å². The molecule has 1 aromatic rings. The summed E-state index contributed by atoms with van der Waals surface area (Å²) >= 11 is 0. The summed E-state index contributed by atoms with van der Waals surface area (Å²) in [6.45, 7) is 1.69. The predicted octanol–water partition coefficient (Wildman–Crippen LogP) is 1.96. The molecule has 0 spiro atoms. The third kappa shape index (κ3) is 4.94. The first-order chi connectivity index (χ1) is 8.81. The van der Waals surface area contributed by atoms with Crippen LogP contribution in [0.3, 0.4) is 0 Å². The molecule has 0 aliphatic rings. The van der Waals surface area contributed by atoms with Crippen molar-refractivity contribution in [2.24, 2.45) is 0 Å². The van der Waals surface area contributed by atoms with Crippen molar-refractivity contribution in [1.82, 2.24) is 5.32 Å². The molecular weight excluding hydrogens is 230 g/mol. The maximum absolute atomic E-state index is 8.69. The quantitative estimate of drug-likeness (QED) is 0.661. The molecule has 18 heavy (non-hydrogen) atoms. The maximum Gasteiger partial charge on any atom is 0.124 e. The Morgan fingerprint density at radius 1 is 1.22 bits per heavy atom. The zero-order valence-electron chi connectivity index (χ0n) is 11.2. The van der Waals surface area contributed by atoms with E-state index in [1.165, 1.54) is 0 Å². The van der Waals surface area contributed by atoms with Crippen LogP contribution in [-0.4, -0.2) is 32.5 Å². The van der Waals surface area contributed by atoms with E-state index in [4.69, 9.17) is 14.6 Å². The number of methoxy groups -OCH3 is 1. The molecule has 4 nitrogen and oxygen atoms in total. The largest absolute Gasteiger partial charge is 0.497 e. The SMILES string of the molecule is CNCc1cc(OC)ccc1OCCCCCO. The van der Waals surface area contributed by atoms with Gasteiger partial charge in [-0.05, 0) is 44.5 Å². The Bertz CT molecular complexity index is 342. The Balaban J connectivity index is 2.52. The minimum absolute atomic E-state index is 0.257. The fourth-order valence-electron chi connectivity index (χ4n) is 1.72. The van der Waals surface area contributed by atoms with Gasteiger partial charge in [-0.3, -0.25) is 0 Å². The number of ether oxygens (including phenoxy) is 2. The number of aliphatic hydroxyl groups excluding tert-OH is 1. The van der Waals surface area contributed by atoms with Crippen LogP contribution in [0.2, 0.25) is 0 Å². The van der Waals surface area contributed by atoms with Crippen LogP contribution in [0.1, 0.15) is 24.8 Å². The van der Waals surface area contributed by atoms with E-state index in [0.29, 0.717) is 6.61 Å². The maximum atomic E-state index is 8.69. The molecule has 0 atom stereocenters. The third-order valence-corrected chi connectivity index (χ3v) is 2.69. The molecule has 0 radical (unpaired) electrons. The second-order valence-electron chi connectivity index (χ2n) is 4.14. The zero-order chi connectivity index (χ0) is 13.2. The van der Waals surface area contributed by atoms with Crippen molar-refractivity contribution in [1.29, 1.82) is 0 Å². The van der Waals surface area contributed by atoms with Gasteiger partial charge in [0.2, 0.25) is 0 Å². The fourth-order valence-corrected chi connectivity index (χ4v) is 1.72. The fraction of sp³-hybridized carbons (Fsp3) is 0.571. The Morgan fingerprint density at radius 3 is 2.72 bits per heavy atom. The van der Waals surface area contributed by atoms with E-state index in [0.717, 1.165) is 42.9 Å². The lowest BCUT2D eigenvalue weighted by Gasteiger charge is -2.12. The number of hydrogen-bond donors (Lipinski definition) is 2. The monoisotopic (exact) mass is 253 g/mol. The van der Waals surface area contributed by atoms with Gasteiger partial charge in [0.1, 0.15) is 11.5 Å². The summed E-state index contributed by atoms with van der Waals surface area (Å²) in [6.07, 6.45) is 2.80. The second kappa shape index (κ2) is 8.78. The smallest absolute Gasteiger partial charge is 0.124 e. The zero-order valence-corrected chi connectivity index (χ0v) is 11.2. The molecule has 0 bridgehead atoms. The molecule has 1 aromatic carbocycles. The summed E-state index contributed by atoms with van der Waals surface area (Å²) in [6, 6.07) is 5.83. The molecular formula is C14H23NO3. The Labute approximate surface area is 109 Å². The van der Waals surface area contributed by atoms with Crippen molar-refractivity contribution in [2.45, 2.75) is 25.8 Å². The van der Waals surface area contributed by atoms with Gasteiger partial charge in [0.25, 0.3) is 0 Å². The van der Waals surface area contributed by atoms with Crippen LogP contribution in [0.15, 0.2) is 18.2 Å². The molecule has 102 valence electrons. The molecule has 0 saturated carbocycles. The summed E-state index contributed by atoms with van der Waals surface area (Å²) in [5.74, 6) is 1.74. The summed E-state index contributed by atoms with van der Waals surface area (Å²) < 4.78 is 11.0. The van der Waals surface area contributed by atoms with Crippen molar-refractivity contribution in [2.75, 3.05) is 27.4 Å². The third-order valence-electron chi connectivity index (χ3n) is 2.69. The summed E-state index contributed by atoms with van der Waals surface area (Å²) in [5, 5.41) is 11.8. The number of nitrogens with one attached hydrogen (secondary N) is 1. The Hall–Kier alpha value is -1.26. The average Bonchev–Trinajstić information content (AvgIpc) is 2.40. The molecule has 2 N–H and O–H groups in total. The Morgan fingerprint density at radius 2 is 2.06 bits per heavy atom. The highest BCUT2D eigenvalue weighted by Gasteiger charge is 2.05. The van der Waals surface area contributed by atoms with Crippen LogP contribution in [0.25, 0.3) is 0 Å². The molecule has 0 aliphatic carbocycles. The van der Waals surface area contributed by atoms with Gasteiger partial charge in [-0.1, -0.05) is 0 Å². The molecule has 0 aliphatic heterocycles. The lowest BCUT2D eigenvalue weighted by molar-refractivity contribution is 0.265. The van der Waals surface area contributed by atoms with Crippen LogP contribution < -0.4 is 14.8 Å². The highest BCUT2D eigenvalue weighted by Crippen LogP contribution is 2.24. The van der Waals surface area contributed by atoms with Crippen LogP contribution in [-0.2, 0) is 6.54 Å². The Kier molecular flexibility index (Phi) is 7.22. The molecule has 0 amide bonds. The predicted molar refractivity (Wildman–Crippen MR) is 72.2 cm³/mol. The van der Waals surface area contributed by atoms with Crippen LogP contribution in [0.4, 0.5) is 0 Å². The summed E-state index contributed by atoms with van der Waals surface area (Å²) in [7, 11) is 3.57. The number of rotatable bonds is 9. The minimum atomic E-state index is 0.257. The van der Waals surface area contributed by atoms with Crippen LogP contribution in [0, 0.1) is 0 Å². The number of benzene rings is 1. The van der Waals surface area contributed by atoms with Crippen molar-refractivity contribution >= 4 is 0 Å². The first-order valence-electron chi connectivity index (χ1n) is 6.37. The first kappa shape index (κ1) is 14.8. The molecule has 4 heteroatoms. The molecule has 0 fully saturated rings. The van der Waals surface area contributed by atoms with Crippen molar-refractivity contribution in [3.8, 4) is 11.5 Å². The number of unbranched alkanes of at least 4 members (excludes halogenated alkanes) is 2. The summed E-state index contributed by atoms with van der Waals surface area (Å²) in [4.78, 5) is 0. The number of aliphatic hydroxyl groups is 1. The highest BCUT2D eigenvalue weighted by molar-refractivity contribution is 5.40. The first-order valence-corrected chi connectivity index (χ1v) is 6.37. The van der Waals surface area contributed by atoms with E-state index in [-0.39, 0.29) is 6.61 Å². The topological polar surface area (TPSA) is 50.7 Å². The van der Waals surface area contributed by atoms with Crippen LogP contribution in [0.5, 0.6) is 11.5 Å². The molecule has 1 rings (SSSR count). The van der Waals surface area contributed by atoms with E-state index in [1.54, 1.807) is 7.11 Å². The van der Waals surface area contributed by atoms with E-state index >= 15 is 0 Å². The minimum Gasteiger partial charge on any atom is -0.497 e. The van der Waals surface area contributed by atoms with E-state index in [1.807, 2.05) is 25.2 Å². The van der Waals surface area contributed by atoms with E-state index in [2.05, 4.69) is 5.32 Å². The van der Waals surface area contributed by atoms with Gasteiger partial charge >= 0.3 is 0 Å². The molecule has 0 unspecified atom stereocenters. The van der Waals surface area contributed by atoms with Gasteiger partial charge in [0, 0.05) is 18.7 Å². The van der Waals surface area contributed by atoms with Gasteiger partial charge in [-0.25, -0.2) is 0 Å². The molecule has 0 saturated heterocycles. The van der Waals surface area contributed by atoms with Crippen LogP contribution >= 0.6 is 0 Å². The standard InChI is InChI=1S/C14H23NO3/c1-15-11-12-10-13(17-2)6-7-14(12)18-9-5-3-4-8-16/h6-7,10,15-16H,3-5,8-9,11H2,1-2H3. The van der Waals surface area contributed by atoms with Crippen molar-refractivity contribution in [3.05, 3.63) is 23.8 Å². The van der Waals surface area contributed by atoms with Gasteiger partial charge in [-0.2, -0.15) is 0 Å². The van der Waals surface area contributed by atoms with Crippen molar-refractivity contribution < 1.29 is 14.6 Å². The van der Waals surface area contributed by atoms with Gasteiger partial charge < -0.3 is 19.9 Å². The second-order valence-corrected chi connectivity index (χ2v) is 4.14. The average molecular weight is 253 g/mol.